The lowest BCUT2D eigenvalue weighted by Gasteiger charge is -2.26. The lowest BCUT2D eigenvalue weighted by molar-refractivity contribution is -0.138. The maximum absolute atomic E-state index is 10.9. The van der Waals surface area contributed by atoms with Gasteiger partial charge in [0.1, 0.15) is 6.04 Å². The van der Waals surface area contributed by atoms with Gasteiger partial charge in [-0.25, -0.2) is 0 Å². The zero-order chi connectivity index (χ0) is 14.3. The maximum atomic E-state index is 10.9. The van der Waals surface area contributed by atoms with Crippen molar-refractivity contribution in [3.8, 4) is 0 Å². The Hall–Kier alpha value is -0.970. The molecule has 3 N–H and O–H groups in total. The number of benzene rings is 1. The molecular formula is C13H18Cl2N2O2. The first-order valence-electron chi connectivity index (χ1n) is 6.03. The molecule has 0 saturated heterocycles. The van der Waals surface area contributed by atoms with E-state index in [0.717, 1.165) is 11.3 Å². The summed E-state index contributed by atoms with van der Waals surface area (Å²) < 4.78 is 0. The first kappa shape index (κ1) is 16.1. The van der Waals surface area contributed by atoms with Gasteiger partial charge in [-0.2, -0.15) is 0 Å². The molecule has 0 fully saturated rings. The van der Waals surface area contributed by atoms with Gasteiger partial charge < -0.3 is 15.7 Å². The van der Waals surface area contributed by atoms with Crippen LogP contribution in [0.3, 0.4) is 0 Å². The van der Waals surface area contributed by atoms with Crippen LogP contribution >= 0.6 is 23.2 Å². The number of anilines is 1. The molecule has 0 amide bonds. The van der Waals surface area contributed by atoms with E-state index in [9.17, 15) is 4.79 Å². The van der Waals surface area contributed by atoms with Crippen molar-refractivity contribution in [3.63, 3.8) is 0 Å². The van der Waals surface area contributed by atoms with E-state index < -0.39 is 12.0 Å². The van der Waals surface area contributed by atoms with Gasteiger partial charge in [-0.05, 0) is 11.6 Å². The van der Waals surface area contributed by atoms with Crippen molar-refractivity contribution in [1.29, 1.82) is 0 Å². The summed E-state index contributed by atoms with van der Waals surface area (Å²) in [5.41, 5.74) is 7.44. The molecule has 1 atom stereocenters. The van der Waals surface area contributed by atoms with Crippen LogP contribution in [0.2, 0.25) is 0 Å². The van der Waals surface area contributed by atoms with Crippen LogP contribution in [0.4, 0.5) is 5.69 Å². The second-order valence-corrected chi connectivity index (χ2v) is 4.90. The average Bonchev–Trinajstić information content (AvgIpc) is 2.39. The quantitative estimate of drug-likeness (QED) is 0.720. The molecule has 0 aliphatic carbocycles. The van der Waals surface area contributed by atoms with E-state index in [1.165, 1.54) is 0 Å². The van der Waals surface area contributed by atoms with Crippen LogP contribution in [0.15, 0.2) is 24.3 Å². The van der Waals surface area contributed by atoms with Crippen molar-refractivity contribution in [2.24, 2.45) is 5.73 Å². The molecule has 0 aliphatic rings. The van der Waals surface area contributed by atoms with Crippen LogP contribution in [0.25, 0.3) is 0 Å². The Morgan fingerprint density at radius 3 is 2.37 bits per heavy atom. The monoisotopic (exact) mass is 304 g/mol. The first-order valence-corrected chi connectivity index (χ1v) is 7.10. The van der Waals surface area contributed by atoms with Gasteiger partial charge in [-0.3, -0.25) is 4.79 Å². The van der Waals surface area contributed by atoms with E-state index in [4.69, 9.17) is 34.0 Å². The van der Waals surface area contributed by atoms with E-state index in [0.29, 0.717) is 24.8 Å². The zero-order valence-corrected chi connectivity index (χ0v) is 12.1. The maximum Gasteiger partial charge on any atom is 0.320 e. The molecule has 0 radical (unpaired) electrons. The topological polar surface area (TPSA) is 66.6 Å². The van der Waals surface area contributed by atoms with Gasteiger partial charge in [0.05, 0.1) is 0 Å². The number of rotatable bonds is 8. The Labute approximate surface area is 123 Å². The molecule has 0 heterocycles. The number of carbonyl (C=O) groups is 1. The summed E-state index contributed by atoms with van der Waals surface area (Å²) in [5, 5.41) is 8.90. The van der Waals surface area contributed by atoms with Gasteiger partial charge >= 0.3 is 5.97 Å². The van der Waals surface area contributed by atoms with Gasteiger partial charge in [0, 0.05) is 37.0 Å². The molecule has 1 aromatic rings. The molecular weight excluding hydrogens is 287 g/mol. The van der Waals surface area contributed by atoms with Crippen LogP contribution in [0.1, 0.15) is 5.56 Å². The van der Waals surface area contributed by atoms with E-state index in [1.54, 1.807) is 0 Å². The SMILES string of the molecule is N[C@@H](Cc1ccccc1N(CCCl)CCCl)C(=O)O. The van der Waals surface area contributed by atoms with E-state index in [-0.39, 0.29) is 6.42 Å². The Kier molecular flexibility index (Phi) is 6.99. The third-order valence-electron chi connectivity index (χ3n) is 2.80. The number of hydrogen-bond donors (Lipinski definition) is 2. The van der Waals surface area contributed by atoms with E-state index in [1.807, 2.05) is 29.2 Å². The number of halogens is 2. The molecule has 0 bridgehead atoms. The summed E-state index contributed by atoms with van der Waals surface area (Å²) in [6.07, 6.45) is 0.284. The molecule has 0 aromatic heterocycles. The normalized spacial score (nSPS) is 12.2. The van der Waals surface area contributed by atoms with Crippen LogP contribution in [-0.2, 0) is 11.2 Å². The number of nitrogens with zero attached hydrogens (tertiary/aromatic N) is 1. The Morgan fingerprint density at radius 1 is 1.26 bits per heavy atom. The van der Waals surface area contributed by atoms with Gasteiger partial charge in [0.2, 0.25) is 0 Å². The highest BCUT2D eigenvalue weighted by Gasteiger charge is 2.16. The lowest BCUT2D eigenvalue weighted by atomic mass is 10.0. The highest BCUT2D eigenvalue weighted by atomic mass is 35.5. The third kappa shape index (κ3) is 4.90. The summed E-state index contributed by atoms with van der Waals surface area (Å²) in [5.74, 6) is -0.0390. The minimum absolute atomic E-state index is 0.284. The van der Waals surface area contributed by atoms with E-state index in [2.05, 4.69) is 0 Å². The van der Waals surface area contributed by atoms with Gasteiger partial charge in [0.15, 0.2) is 0 Å². The number of nitrogens with two attached hydrogens (primary N) is 1. The van der Waals surface area contributed by atoms with E-state index >= 15 is 0 Å². The minimum atomic E-state index is -1.00. The molecule has 4 nitrogen and oxygen atoms in total. The van der Waals surface area contributed by atoms with Crippen molar-refractivity contribution in [2.75, 3.05) is 29.7 Å². The van der Waals surface area contributed by atoms with Gasteiger partial charge in [-0.1, -0.05) is 18.2 Å². The standard InChI is InChI=1S/C13H18Cl2N2O2/c14-5-7-17(8-6-15)12-4-2-1-3-10(12)9-11(16)13(18)19/h1-4,11H,5-9,16H2,(H,18,19)/t11-/m0/s1. The van der Waals surface area contributed by atoms with Gasteiger partial charge in [0.25, 0.3) is 0 Å². The van der Waals surface area contributed by atoms with Crippen molar-refractivity contribution in [1.82, 2.24) is 0 Å². The van der Waals surface area contributed by atoms with Crippen LogP contribution in [0, 0.1) is 0 Å². The van der Waals surface area contributed by atoms with Crippen LogP contribution in [-0.4, -0.2) is 42.0 Å². The lowest BCUT2D eigenvalue weighted by Crippen LogP contribution is -2.34. The predicted octanol–water partition coefficient (Wildman–Crippen LogP) is 1.93. The summed E-state index contributed by atoms with van der Waals surface area (Å²) in [7, 11) is 0. The van der Waals surface area contributed by atoms with Crippen LogP contribution in [0.5, 0.6) is 0 Å². The average molecular weight is 305 g/mol. The predicted molar refractivity (Wildman–Crippen MR) is 79.4 cm³/mol. The summed E-state index contributed by atoms with van der Waals surface area (Å²) >= 11 is 11.6. The highest BCUT2D eigenvalue weighted by Crippen LogP contribution is 2.21. The molecule has 6 heteroatoms. The van der Waals surface area contributed by atoms with Gasteiger partial charge in [-0.15, -0.1) is 23.2 Å². The smallest absolute Gasteiger partial charge is 0.320 e. The fourth-order valence-corrected chi connectivity index (χ4v) is 2.28. The number of alkyl halides is 2. The molecule has 0 spiro atoms. The second kappa shape index (κ2) is 8.25. The summed E-state index contributed by atoms with van der Waals surface area (Å²) in [6, 6.07) is 6.68. The fourth-order valence-electron chi connectivity index (χ4n) is 1.87. The highest BCUT2D eigenvalue weighted by molar-refractivity contribution is 6.18. The fraction of sp³-hybridized carbons (Fsp3) is 0.462. The second-order valence-electron chi connectivity index (χ2n) is 4.14. The number of carboxylic acids is 1. The first-order chi connectivity index (χ1) is 9.10. The van der Waals surface area contributed by atoms with Crippen LogP contribution < -0.4 is 10.6 Å². The Morgan fingerprint density at radius 2 is 1.84 bits per heavy atom. The van der Waals surface area contributed by atoms with Crippen molar-refractivity contribution in [2.45, 2.75) is 12.5 Å². The molecule has 0 aliphatic heterocycles. The Bertz CT molecular complexity index is 409. The Balaban J connectivity index is 2.95. The largest absolute Gasteiger partial charge is 0.480 e. The summed E-state index contributed by atoms with van der Waals surface area (Å²) in [6.45, 7) is 1.32. The minimum Gasteiger partial charge on any atom is -0.480 e. The van der Waals surface area contributed by atoms with Crippen molar-refractivity contribution >= 4 is 34.9 Å². The number of hydrogen-bond acceptors (Lipinski definition) is 3. The molecule has 0 unspecified atom stereocenters. The molecule has 1 aromatic carbocycles. The number of carboxylic acid groups (broad SMARTS) is 1. The molecule has 19 heavy (non-hydrogen) atoms. The number of aliphatic carboxylic acids is 1. The zero-order valence-electron chi connectivity index (χ0n) is 10.6. The third-order valence-corrected chi connectivity index (χ3v) is 3.14. The molecule has 0 saturated carbocycles. The molecule has 106 valence electrons. The van der Waals surface area contributed by atoms with Crippen molar-refractivity contribution in [3.05, 3.63) is 29.8 Å². The summed E-state index contributed by atoms with van der Waals surface area (Å²) in [4.78, 5) is 12.9. The number of para-hydroxylation sites is 1. The molecule has 1 rings (SSSR count). The van der Waals surface area contributed by atoms with Crippen molar-refractivity contribution < 1.29 is 9.90 Å².